The molecule has 3 amide bonds. The van der Waals surface area contributed by atoms with E-state index in [-0.39, 0.29) is 31.5 Å². The molecule has 2 saturated carbocycles. The van der Waals surface area contributed by atoms with Crippen LogP contribution in [0.4, 0.5) is 9.93 Å². The molecule has 2 aromatic heterocycles. The number of pyridine rings is 1. The minimum Gasteiger partial charge on any atom is -0.497 e. The fourth-order valence-electron chi connectivity index (χ4n) is 7.52. The third-order valence-electron chi connectivity index (χ3n) is 10.7. The second-order valence-corrected chi connectivity index (χ2v) is 19.5. The standard InChI is InChI=1S/C40H53N6O8PS/c1-9-24-20-40(24,55(50,51)10-2)45-35(47)32-18-27(21-46(32)36(48)34(39(5,6)7)44-38(49)54-25-13-11-12-14-25)53-33-19-30(31-22-56-37(43-31)41-23(3)4)42-29-17-26(52-8)15-16-28(29)33/h9-10,15-17,19,22-25,27,32,34H,1-2,11-14,18,20-21H2,3-8H3,(H,41,43)(H,44,49)(H,45,47)(H,50,51)/t24-,27-,32+,34-,40+/m1/s1. The van der Waals surface area contributed by atoms with Crippen LogP contribution < -0.4 is 25.4 Å². The van der Waals surface area contributed by atoms with Gasteiger partial charge in [0.25, 0.3) is 0 Å². The molecular weight excluding hydrogens is 756 g/mol. The number of benzene rings is 1. The molecule has 6 atom stereocenters. The van der Waals surface area contributed by atoms with Gasteiger partial charge in [0.1, 0.15) is 46.8 Å². The molecule has 56 heavy (non-hydrogen) atoms. The van der Waals surface area contributed by atoms with Gasteiger partial charge >= 0.3 is 6.09 Å². The van der Waals surface area contributed by atoms with Crippen LogP contribution in [0.5, 0.6) is 11.5 Å². The summed E-state index contributed by atoms with van der Waals surface area (Å²) in [7, 11) is -2.50. The molecule has 1 saturated heterocycles. The maximum Gasteiger partial charge on any atom is 0.408 e. The van der Waals surface area contributed by atoms with Crippen LogP contribution in [-0.2, 0) is 18.9 Å². The first kappa shape index (κ1) is 41.2. The van der Waals surface area contributed by atoms with Crippen LogP contribution in [0, 0.1) is 11.3 Å². The fraction of sp³-hybridized carbons (Fsp3) is 0.525. The van der Waals surface area contributed by atoms with Crippen LogP contribution in [0.3, 0.4) is 0 Å². The van der Waals surface area contributed by atoms with Gasteiger partial charge in [-0.25, -0.2) is 14.8 Å². The Kier molecular flexibility index (Phi) is 11.9. The van der Waals surface area contributed by atoms with Crippen molar-refractivity contribution in [1.29, 1.82) is 0 Å². The highest BCUT2D eigenvalue weighted by Crippen LogP contribution is 2.70. The van der Waals surface area contributed by atoms with Crippen molar-refractivity contribution in [1.82, 2.24) is 25.5 Å². The van der Waals surface area contributed by atoms with Crippen LogP contribution >= 0.6 is 18.7 Å². The van der Waals surface area contributed by atoms with E-state index in [9.17, 15) is 23.8 Å². The van der Waals surface area contributed by atoms with Gasteiger partial charge in [0.2, 0.25) is 19.2 Å². The summed E-state index contributed by atoms with van der Waals surface area (Å²) >= 11 is 1.46. The normalized spacial score (nSPS) is 23.9. The zero-order chi connectivity index (χ0) is 40.6. The maximum atomic E-state index is 14.7. The summed E-state index contributed by atoms with van der Waals surface area (Å²) in [6.45, 7) is 16.9. The highest BCUT2D eigenvalue weighted by Gasteiger charge is 2.65. The molecule has 3 aromatic rings. The number of alkyl carbamates (subject to hydrolysis) is 1. The number of fused-ring (bicyclic) bond motifs is 1. The van der Waals surface area contributed by atoms with Crippen LogP contribution in [0.25, 0.3) is 22.3 Å². The summed E-state index contributed by atoms with van der Waals surface area (Å²) in [6.07, 6.45) is 3.62. The van der Waals surface area contributed by atoms with Crippen molar-refractivity contribution >= 4 is 52.6 Å². The molecule has 302 valence electrons. The van der Waals surface area contributed by atoms with E-state index < -0.39 is 60.1 Å². The number of amides is 3. The number of thiazole rings is 1. The number of methoxy groups -OCH3 is 1. The van der Waals surface area contributed by atoms with E-state index in [1.54, 1.807) is 25.3 Å². The second-order valence-electron chi connectivity index (χ2n) is 16.2. The highest BCUT2D eigenvalue weighted by atomic mass is 32.1. The van der Waals surface area contributed by atoms with Crippen LogP contribution in [-0.4, -0.2) is 86.9 Å². The monoisotopic (exact) mass is 808 g/mol. The molecule has 3 fully saturated rings. The van der Waals surface area contributed by atoms with Crippen molar-refractivity contribution in [2.24, 2.45) is 11.3 Å². The zero-order valence-electron chi connectivity index (χ0n) is 32.9. The van der Waals surface area contributed by atoms with Crippen molar-refractivity contribution in [2.45, 2.75) is 109 Å². The Morgan fingerprint density at radius 2 is 1.84 bits per heavy atom. The summed E-state index contributed by atoms with van der Waals surface area (Å²) in [5.41, 5.74) is 1.00. The SMILES string of the molecule is C=C[C@@H]1C[C@]1(NC(=O)[C@@H]1C[C@@H](Oc2cc(-c3csc(NC(C)C)n3)nc3cc(OC)ccc23)CN1C(=O)[C@@H](NC(=O)OC1CCCC1)C(C)(C)C)P(=O)(O)C=C. The Bertz CT molecular complexity index is 2040. The molecule has 16 heteroatoms. The minimum atomic E-state index is -4.07. The number of ether oxygens (including phenoxy) is 3. The van der Waals surface area contributed by atoms with Crippen LogP contribution in [0.2, 0.25) is 0 Å². The second kappa shape index (κ2) is 16.2. The van der Waals surface area contributed by atoms with E-state index in [4.69, 9.17) is 24.2 Å². The largest absolute Gasteiger partial charge is 0.497 e. The van der Waals surface area contributed by atoms with Crippen molar-refractivity contribution in [3.8, 4) is 22.9 Å². The fourth-order valence-corrected chi connectivity index (χ4v) is 10.0. The lowest BCUT2D eigenvalue weighted by Gasteiger charge is -2.35. The smallest absolute Gasteiger partial charge is 0.408 e. The molecule has 0 radical (unpaired) electrons. The number of hydrogen-bond acceptors (Lipinski definition) is 11. The number of carbonyl (C=O) groups is 3. The van der Waals surface area contributed by atoms with Crippen molar-refractivity contribution in [2.75, 3.05) is 19.0 Å². The Hall–Kier alpha value is -4.46. The lowest BCUT2D eigenvalue weighted by Crippen LogP contribution is -2.58. The lowest BCUT2D eigenvalue weighted by molar-refractivity contribution is -0.142. The number of nitrogens with zero attached hydrogens (tertiary/aromatic N) is 3. The number of nitrogens with one attached hydrogen (secondary N) is 3. The van der Waals surface area contributed by atoms with Crippen LogP contribution in [0.1, 0.15) is 73.1 Å². The van der Waals surface area contributed by atoms with Gasteiger partial charge in [-0.3, -0.25) is 14.2 Å². The van der Waals surface area contributed by atoms with E-state index in [1.165, 1.54) is 22.3 Å². The summed E-state index contributed by atoms with van der Waals surface area (Å²) in [6, 6.07) is 5.23. The number of carbonyl (C=O) groups excluding carboxylic acids is 3. The molecule has 4 N–H and O–H groups in total. The summed E-state index contributed by atoms with van der Waals surface area (Å²) in [4.78, 5) is 64.2. The molecule has 14 nitrogen and oxygen atoms in total. The molecule has 2 aliphatic carbocycles. The quantitative estimate of drug-likeness (QED) is 0.0968. The minimum absolute atomic E-state index is 0.0204. The molecule has 1 aliphatic heterocycles. The number of rotatable bonds is 14. The molecule has 0 bridgehead atoms. The van der Waals surface area contributed by atoms with E-state index in [2.05, 4.69) is 29.1 Å². The van der Waals surface area contributed by atoms with Gasteiger partial charge in [-0.05, 0) is 69.3 Å². The topological polar surface area (TPSA) is 181 Å². The van der Waals surface area contributed by atoms with Gasteiger partial charge in [0.15, 0.2) is 5.13 Å². The van der Waals surface area contributed by atoms with E-state index in [0.29, 0.717) is 33.8 Å². The number of aromatic nitrogens is 2. The molecule has 0 spiro atoms. The Labute approximate surface area is 331 Å². The number of hydrogen-bond donors (Lipinski definition) is 4. The van der Waals surface area contributed by atoms with E-state index >= 15 is 0 Å². The summed E-state index contributed by atoms with van der Waals surface area (Å²) in [5, 5.41) is 10.8. The number of anilines is 1. The average molecular weight is 809 g/mol. The Morgan fingerprint density at radius 3 is 2.46 bits per heavy atom. The van der Waals surface area contributed by atoms with Gasteiger partial charge in [-0.1, -0.05) is 33.4 Å². The first-order valence-electron chi connectivity index (χ1n) is 19.0. The highest BCUT2D eigenvalue weighted by molar-refractivity contribution is 7.63. The van der Waals surface area contributed by atoms with Gasteiger partial charge in [-0.15, -0.1) is 17.9 Å². The van der Waals surface area contributed by atoms with Gasteiger partial charge in [-0.2, -0.15) is 0 Å². The molecule has 1 aromatic carbocycles. The Balaban J connectivity index is 1.34. The first-order chi connectivity index (χ1) is 26.5. The maximum absolute atomic E-state index is 14.7. The summed E-state index contributed by atoms with van der Waals surface area (Å²) < 4.78 is 31.3. The van der Waals surface area contributed by atoms with Gasteiger partial charge in [0.05, 0.1) is 24.9 Å². The predicted octanol–water partition coefficient (Wildman–Crippen LogP) is 7.05. The van der Waals surface area contributed by atoms with Crippen molar-refractivity contribution in [3.05, 3.63) is 54.7 Å². The van der Waals surface area contributed by atoms with E-state index in [1.807, 2.05) is 46.1 Å². The predicted molar refractivity (Wildman–Crippen MR) is 217 cm³/mol. The first-order valence-corrected chi connectivity index (χ1v) is 21.7. The molecule has 3 heterocycles. The molecular formula is C40H53N6O8PS. The lowest BCUT2D eigenvalue weighted by atomic mass is 9.85. The molecule has 3 aliphatic rings. The van der Waals surface area contributed by atoms with Crippen molar-refractivity contribution < 1.29 is 38.1 Å². The Morgan fingerprint density at radius 1 is 1.11 bits per heavy atom. The number of likely N-dealkylation sites (tertiary alicyclic amines) is 1. The molecule has 1 unspecified atom stereocenters. The zero-order valence-corrected chi connectivity index (χ0v) is 34.6. The third kappa shape index (κ3) is 8.59. The summed E-state index contributed by atoms with van der Waals surface area (Å²) in [5.74, 6) is 0.436. The molecule has 6 rings (SSSR count). The van der Waals surface area contributed by atoms with E-state index in [0.717, 1.165) is 36.6 Å². The van der Waals surface area contributed by atoms with Crippen molar-refractivity contribution in [3.63, 3.8) is 0 Å². The van der Waals surface area contributed by atoms with Gasteiger partial charge in [0, 0.05) is 41.3 Å². The van der Waals surface area contributed by atoms with Gasteiger partial charge < -0.3 is 40.0 Å². The van der Waals surface area contributed by atoms with Crippen LogP contribution in [0.15, 0.2) is 54.7 Å². The average Bonchev–Trinajstić information content (AvgIpc) is 3.55. The third-order valence-corrected chi connectivity index (χ3v) is 13.7.